The number of imidazole rings is 1. The van der Waals surface area contributed by atoms with Crippen molar-refractivity contribution in [3.05, 3.63) is 41.6 Å². The van der Waals surface area contributed by atoms with Crippen LogP contribution >= 0.6 is 11.6 Å². The Labute approximate surface area is 156 Å². The monoisotopic (exact) mass is 369 g/mol. The highest BCUT2D eigenvalue weighted by Crippen LogP contribution is 2.30. The molecule has 1 aliphatic rings. The largest absolute Gasteiger partial charge is 0.355 e. The lowest BCUT2D eigenvalue weighted by Gasteiger charge is -2.22. The molecule has 0 aliphatic carbocycles. The predicted octanol–water partition coefficient (Wildman–Crippen LogP) is 3.34. The van der Waals surface area contributed by atoms with Crippen molar-refractivity contribution in [1.29, 1.82) is 0 Å². The van der Waals surface area contributed by atoms with Crippen molar-refractivity contribution in [2.45, 2.75) is 13.3 Å². The number of para-hydroxylation sites is 2. The van der Waals surface area contributed by atoms with Crippen molar-refractivity contribution in [2.75, 3.05) is 31.1 Å². The molecule has 3 heterocycles. The number of nitrogens with zero attached hydrogens (tertiary/aromatic N) is 4. The minimum absolute atomic E-state index is 0.124. The number of rotatable bonds is 2. The van der Waals surface area contributed by atoms with Gasteiger partial charge in [0.1, 0.15) is 11.6 Å². The van der Waals surface area contributed by atoms with Gasteiger partial charge in [0, 0.05) is 44.9 Å². The number of halogens is 1. The molecule has 1 aliphatic heterocycles. The van der Waals surface area contributed by atoms with E-state index in [1.165, 1.54) is 0 Å². The molecule has 0 spiro atoms. The van der Waals surface area contributed by atoms with E-state index in [-0.39, 0.29) is 5.91 Å². The molecular formula is C19H20ClN5O. The highest BCUT2D eigenvalue weighted by molar-refractivity contribution is 6.33. The smallest absolute Gasteiger partial charge is 0.219 e. The number of H-pyrrole nitrogens is 1. The van der Waals surface area contributed by atoms with Crippen LogP contribution in [0.25, 0.3) is 22.4 Å². The predicted molar refractivity (Wildman–Crippen MR) is 103 cm³/mol. The summed E-state index contributed by atoms with van der Waals surface area (Å²) in [5.74, 6) is 1.72. The number of amides is 1. The van der Waals surface area contributed by atoms with Crippen molar-refractivity contribution in [3.63, 3.8) is 0 Å². The third-order valence-corrected chi connectivity index (χ3v) is 5.05. The lowest BCUT2D eigenvalue weighted by molar-refractivity contribution is -0.128. The van der Waals surface area contributed by atoms with Crippen LogP contribution in [-0.4, -0.2) is 51.9 Å². The number of pyridine rings is 1. The van der Waals surface area contributed by atoms with Gasteiger partial charge in [-0.1, -0.05) is 23.7 Å². The maximum Gasteiger partial charge on any atom is 0.219 e. The number of benzene rings is 1. The molecule has 3 aromatic rings. The van der Waals surface area contributed by atoms with Gasteiger partial charge in [0.25, 0.3) is 0 Å². The molecule has 6 nitrogen and oxygen atoms in total. The number of fused-ring (bicyclic) bond motifs is 1. The molecule has 7 heteroatoms. The maximum atomic E-state index is 11.6. The molecule has 1 N–H and O–H groups in total. The minimum Gasteiger partial charge on any atom is -0.355 e. The number of carbonyl (C=O) groups excluding carboxylic acids is 1. The molecule has 0 radical (unpaired) electrons. The summed E-state index contributed by atoms with van der Waals surface area (Å²) in [5.41, 5.74) is 2.72. The Morgan fingerprint density at radius 2 is 2.04 bits per heavy atom. The van der Waals surface area contributed by atoms with Crippen LogP contribution in [0, 0.1) is 0 Å². The van der Waals surface area contributed by atoms with Crippen molar-refractivity contribution in [3.8, 4) is 11.4 Å². The molecular weight excluding hydrogens is 350 g/mol. The van der Waals surface area contributed by atoms with E-state index < -0.39 is 0 Å². The summed E-state index contributed by atoms with van der Waals surface area (Å²) in [7, 11) is 0. The van der Waals surface area contributed by atoms with E-state index in [9.17, 15) is 4.79 Å². The second-order valence-corrected chi connectivity index (χ2v) is 6.88. The molecule has 1 amide bonds. The minimum atomic E-state index is 0.124. The van der Waals surface area contributed by atoms with E-state index >= 15 is 0 Å². The maximum absolute atomic E-state index is 11.6. The quantitative estimate of drug-likeness (QED) is 0.752. The van der Waals surface area contributed by atoms with Gasteiger partial charge in [0.2, 0.25) is 5.91 Å². The average Bonchev–Trinajstić information content (AvgIpc) is 2.90. The zero-order valence-electron chi connectivity index (χ0n) is 14.6. The zero-order valence-corrected chi connectivity index (χ0v) is 15.3. The summed E-state index contributed by atoms with van der Waals surface area (Å²) in [6.07, 6.45) is 2.59. The first-order valence-corrected chi connectivity index (χ1v) is 9.11. The SMILES string of the molecule is CC(=O)N1CCCN(c2cc(-c3nc4ccccc4[nH]3)c(Cl)cn2)CC1. The number of aromatic amines is 1. The average molecular weight is 370 g/mol. The fourth-order valence-electron chi connectivity index (χ4n) is 3.32. The van der Waals surface area contributed by atoms with Crippen LogP contribution in [0.4, 0.5) is 5.82 Å². The number of nitrogens with one attached hydrogen (secondary N) is 1. The van der Waals surface area contributed by atoms with Crippen molar-refractivity contribution >= 4 is 34.4 Å². The van der Waals surface area contributed by atoms with E-state index in [4.69, 9.17) is 11.6 Å². The molecule has 2 aromatic heterocycles. The molecule has 1 saturated heterocycles. The first-order valence-electron chi connectivity index (χ1n) is 8.73. The zero-order chi connectivity index (χ0) is 18.1. The van der Waals surface area contributed by atoms with Crippen LogP contribution in [0.3, 0.4) is 0 Å². The van der Waals surface area contributed by atoms with Gasteiger partial charge in [0.05, 0.1) is 16.1 Å². The number of hydrogen-bond acceptors (Lipinski definition) is 4. The van der Waals surface area contributed by atoms with Gasteiger partial charge in [-0.15, -0.1) is 0 Å². The third kappa shape index (κ3) is 3.24. The first kappa shape index (κ1) is 16.8. The Morgan fingerprint density at radius 1 is 1.19 bits per heavy atom. The van der Waals surface area contributed by atoms with Gasteiger partial charge < -0.3 is 14.8 Å². The second kappa shape index (κ2) is 6.96. The molecule has 1 fully saturated rings. The normalized spacial score (nSPS) is 15.3. The van der Waals surface area contributed by atoms with E-state index in [1.54, 1.807) is 13.1 Å². The number of carbonyl (C=O) groups is 1. The highest BCUT2D eigenvalue weighted by Gasteiger charge is 2.19. The topological polar surface area (TPSA) is 65.1 Å². The second-order valence-electron chi connectivity index (χ2n) is 6.47. The molecule has 1 aromatic carbocycles. The van der Waals surface area contributed by atoms with Crippen LogP contribution in [0.1, 0.15) is 13.3 Å². The Bertz CT molecular complexity index is 921. The number of anilines is 1. The highest BCUT2D eigenvalue weighted by atomic mass is 35.5. The Hall–Kier alpha value is -2.60. The van der Waals surface area contributed by atoms with Crippen LogP contribution in [0.5, 0.6) is 0 Å². The van der Waals surface area contributed by atoms with E-state index in [2.05, 4.69) is 19.9 Å². The number of hydrogen-bond donors (Lipinski definition) is 1. The molecule has 0 atom stereocenters. The van der Waals surface area contributed by atoms with Crippen LogP contribution in [0.15, 0.2) is 36.5 Å². The Morgan fingerprint density at radius 3 is 2.85 bits per heavy atom. The molecule has 134 valence electrons. The summed E-state index contributed by atoms with van der Waals surface area (Å²) >= 11 is 6.40. The van der Waals surface area contributed by atoms with Gasteiger partial charge in [-0.3, -0.25) is 4.79 Å². The summed E-state index contributed by atoms with van der Waals surface area (Å²) in [4.78, 5) is 28.2. The third-order valence-electron chi connectivity index (χ3n) is 4.75. The van der Waals surface area contributed by atoms with Crippen LogP contribution in [-0.2, 0) is 4.79 Å². The van der Waals surface area contributed by atoms with E-state index in [0.717, 1.165) is 54.3 Å². The summed E-state index contributed by atoms with van der Waals surface area (Å²) in [6, 6.07) is 9.87. The van der Waals surface area contributed by atoms with E-state index in [1.807, 2.05) is 35.2 Å². The molecule has 0 bridgehead atoms. The van der Waals surface area contributed by atoms with Crippen molar-refractivity contribution in [1.82, 2.24) is 19.9 Å². The van der Waals surface area contributed by atoms with Crippen molar-refractivity contribution < 1.29 is 4.79 Å². The first-order chi connectivity index (χ1) is 12.6. The molecule has 0 saturated carbocycles. The lowest BCUT2D eigenvalue weighted by atomic mass is 10.2. The molecule has 0 unspecified atom stereocenters. The van der Waals surface area contributed by atoms with Gasteiger partial charge >= 0.3 is 0 Å². The summed E-state index contributed by atoms with van der Waals surface area (Å²) in [6.45, 7) is 4.73. The van der Waals surface area contributed by atoms with Gasteiger partial charge in [-0.05, 0) is 24.6 Å². The van der Waals surface area contributed by atoms with Gasteiger partial charge in [-0.2, -0.15) is 0 Å². The summed E-state index contributed by atoms with van der Waals surface area (Å²) in [5, 5.41) is 0.563. The Kier molecular flexibility index (Phi) is 4.51. The van der Waals surface area contributed by atoms with E-state index in [0.29, 0.717) is 11.6 Å². The number of aromatic nitrogens is 3. The van der Waals surface area contributed by atoms with Gasteiger partial charge in [0.15, 0.2) is 0 Å². The fourth-order valence-corrected chi connectivity index (χ4v) is 3.52. The van der Waals surface area contributed by atoms with Crippen LogP contribution in [0.2, 0.25) is 5.02 Å². The molecule has 4 rings (SSSR count). The fraction of sp³-hybridized carbons (Fsp3) is 0.316. The van der Waals surface area contributed by atoms with Gasteiger partial charge in [-0.25, -0.2) is 9.97 Å². The summed E-state index contributed by atoms with van der Waals surface area (Å²) < 4.78 is 0. The lowest BCUT2D eigenvalue weighted by Crippen LogP contribution is -2.33. The van der Waals surface area contributed by atoms with Crippen molar-refractivity contribution in [2.24, 2.45) is 0 Å². The molecule has 26 heavy (non-hydrogen) atoms. The van der Waals surface area contributed by atoms with Crippen LogP contribution < -0.4 is 4.90 Å². The Balaban J connectivity index is 1.65. The standard InChI is InChI=1S/C19H20ClN5O/c1-13(26)24-7-4-8-25(10-9-24)18-11-14(15(20)12-21-18)19-22-16-5-2-3-6-17(16)23-19/h2-3,5-6,11-12H,4,7-10H2,1H3,(H,22,23).